The van der Waals surface area contributed by atoms with Crippen molar-refractivity contribution >= 4 is 39.1 Å². The van der Waals surface area contributed by atoms with E-state index in [1.165, 1.54) is 12.6 Å². The molecule has 1 aromatic rings. The van der Waals surface area contributed by atoms with Crippen LogP contribution in [0.2, 0.25) is 0 Å². The van der Waals surface area contributed by atoms with E-state index in [1.54, 1.807) is 6.20 Å². The van der Waals surface area contributed by atoms with Gasteiger partial charge in [-0.3, -0.25) is 15.1 Å². The number of hydrogen-bond donors (Lipinski definition) is 1. The predicted octanol–water partition coefficient (Wildman–Crippen LogP) is 3.45. The molecular formula is C11H14BrN3O2S. The molecule has 0 spiro atoms. The SMILES string of the molecule is CSC1(CNc2c(Br)cncc2[N+](=O)[O-])CCC1. The Morgan fingerprint density at radius 1 is 1.61 bits per heavy atom. The highest BCUT2D eigenvalue weighted by molar-refractivity contribution is 9.10. The summed E-state index contributed by atoms with van der Waals surface area (Å²) in [5, 5.41) is 14.2. The van der Waals surface area contributed by atoms with Crippen molar-refractivity contribution in [3.8, 4) is 0 Å². The van der Waals surface area contributed by atoms with Crippen LogP contribution in [0.15, 0.2) is 16.9 Å². The number of thioether (sulfide) groups is 1. The summed E-state index contributed by atoms with van der Waals surface area (Å²) in [5.41, 5.74) is 0.537. The van der Waals surface area contributed by atoms with E-state index in [4.69, 9.17) is 0 Å². The first kappa shape index (κ1) is 13.6. The van der Waals surface area contributed by atoms with E-state index < -0.39 is 4.92 Å². The molecule has 2 rings (SSSR count). The summed E-state index contributed by atoms with van der Waals surface area (Å²) >= 11 is 5.14. The van der Waals surface area contributed by atoms with Crippen LogP contribution in [-0.2, 0) is 0 Å². The van der Waals surface area contributed by atoms with Gasteiger partial charge in [-0.15, -0.1) is 0 Å². The van der Waals surface area contributed by atoms with Crippen molar-refractivity contribution in [2.75, 3.05) is 18.1 Å². The number of aromatic nitrogens is 1. The van der Waals surface area contributed by atoms with E-state index in [0.29, 0.717) is 10.2 Å². The zero-order valence-electron chi connectivity index (χ0n) is 9.98. The lowest BCUT2D eigenvalue weighted by Crippen LogP contribution is -2.40. The van der Waals surface area contributed by atoms with Crippen LogP contribution in [0, 0.1) is 10.1 Å². The summed E-state index contributed by atoms with van der Waals surface area (Å²) in [5.74, 6) is 0. The molecule has 5 nitrogen and oxygen atoms in total. The van der Waals surface area contributed by atoms with Gasteiger partial charge in [0.2, 0.25) is 0 Å². The summed E-state index contributed by atoms with van der Waals surface area (Å²) in [6.45, 7) is 0.748. The van der Waals surface area contributed by atoms with E-state index in [2.05, 4.69) is 32.5 Å². The van der Waals surface area contributed by atoms with Crippen LogP contribution in [-0.4, -0.2) is 27.5 Å². The molecule has 0 radical (unpaired) electrons. The summed E-state index contributed by atoms with van der Waals surface area (Å²) in [6, 6.07) is 0. The number of hydrogen-bond acceptors (Lipinski definition) is 5. The Morgan fingerprint density at radius 2 is 2.33 bits per heavy atom. The fourth-order valence-corrected chi connectivity index (χ4v) is 3.39. The second-order valence-corrected chi connectivity index (χ2v) is 6.50. The maximum Gasteiger partial charge on any atom is 0.311 e. The Morgan fingerprint density at radius 3 is 2.83 bits per heavy atom. The van der Waals surface area contributed by atoms with Crippen LogP contribution in [0.1, 0.15) is 19.3 Å². The summed E-state index contributed by atoms with van der Waals surface area (Å²) in [6.07, 6.45) is 8.51. The minimum Gasteiger partial charge on any atom is -0.377 e. The molecule has 98 valence electrons. The number of nitro groups is 1. The quantitative estimate of drug-likeness (QED) is 0.661. The number of nitrogens with one attached hydrogen (secondary N) is 1. The predicted molar refractivity (Wildman–Crippen MR) is 77.2 cm³/mol. The number of nitrogens with zero attached hydrogens (tertiary/aromatic N) is 2. The fraction of sp³-hybridized carbons (Fsp3) is 0.545. The highest BCUT2D eigenvalue weighted by atomic mass is 79.9. The third-order valence-electron chi connectivity index (χ3n) is 3.36. The van der Waals surface area contributed by atoms with Crippen molar-refractivity contribution < 1.29 is 4.92 Å². The van der Waals surface area contributed by atoms with Gasteiger partial charge in [0.1, 0.15) is 11.9 Å². The van der Waals surface area contributed by atoms with Gasteiger partial charge in [-0.05, 0) is 35.0 Å². The molecule has 0 bridgehead atoms. The second kappa shape index (κ2) is 5.44. The number of rotatable bonds is 5. The molecule has 1 fully saturated rings. The number of anilines is 1. The zero-order valence-corrected chi connectivity index (χ0v) is 12.4. The lowest BCUT2D eigenvalue weighted by atomic mass is 9.84. The maximum atomic E-state index is 11.0. The Bertz CT molecular complexity index is 460. The van der Waals surface area contributed by atoms with E-state index in [-0.39, 0.29) is 10.4 Å². The lowest BCUT2D eigenvalue weighted by Gasteiger charge is -2.40. The first-order valence-electron chi connectivity index (χ1n) is 5.65. The third kappa shape index (κ3) is 2.61. The van der Waals surface area contributed by atoms with Crippen molar-refractivity contribution in [1.82, 2.24) is 4.98 Å². The molecule has 0 amide bonds. The molecule has 0 saturated heterocycles. The minimum absolute atomic E-state index is 0.0138. The molecular weight excluding hydrogens is 318 g/mol. The maximum absolute atomic E-state index is 11.0. The molecule has 1 N–H and O–H groups in total. The van der Waals surface area contributed by atoms with Crippen LogP contribution in [0.25, 0.3) is 0 Å². The Balaban J connectivity index is 2.15. The molecule has 0 aromatic carbocycles. The van der Waals surface area contributed by atoms with E-state index in [9.17, 15) is 10.1 Å². The highest BCUT2D eigenvalue weighted by Gasteiger charge is 2.36. The standard InChI is InChI=1S/C11H14BrN3O2S/c1-18-11(3-2-4-11)7-14-10-8(12)5-13-6-9(10)15(16)17/h5-6H,2-4,7H2,1H3,(H,13,14). The van der Waals surface area contributed by atoms with E-state index >= 15 is 0 Å². The van der Waals surface area contributed by atoms with Gasteiger partial charge in [-0.25, -0.2) is 0 Å². The van der Waals surface area contributed by atoms with Crippen molar-refractivity contribution in [2.24, 2.45) is 0 Å². The fourth-order valence-electron chi connectivity index (χ4n) is 2.01. The van der Waals surface area contributed by atoms with Gasteiger partial charge in [0.15, 0.2) is 0 Å². The lowest BCUT2D eigenvalue weighted by molar-refractivity contribution is -0.384. The zero-order chi connectivity index (χ0) is 13.2. The van der Waals surface area contributed by atoms with Crippen LogP contribution in [0.3, 0.4) is 0 Å². The number of halogens is 1. The van der Waals surface area contributed by atoms with Gasteiger partial charge in [-0.1, -0.05) is 6.42 Å². The van der Waals surface area contributed by atoms with Crippen molar-refractivity contribution in [3.63, 3.8) is 0 Å². The van der Waals surface area contributed by atoms with Gasteiger partial charge in [0.25, 0.3) is 0 Å². The van der Waals surface area contributed by atoms with Crippen LogP contribution in [0.5, 0.6) is 0 Å². The van der Waals surface area contributed by atoms with E-state index in [0.717, 1.165) is 19.4 Å². The summed E-state index contributed by atoms with van der Waals surface area (Å²) < 4.78 is 0.864. The summed E-state index contributed by atoms with van der Waals surface area (Å²) in [7, 11) is 0. The molecule has 7 heteroatoms. The molecule has 0 aliphatic heterocycles. The highest BCUT2D eigenvalue weighted by Crippen LogP contribution is 2.43. The van der Waals surface area contributed by atoms with Gasteiger partial charge < -0.3 is 5.32 Å². The largest absolute Gasteiger partial charge is 0.377 e. The van der Waals surface area contributed by atoms with Crippen molar-refractivity contribution in [2.45, 2.75) is 24.0 Å². The molecule has 1 heterocycles. The molecule has 0 atom stereocenters. The molecule has 0 unspecified atom stereocenters. The van der Waals surface area contributed by atoms with Crippen molar-refractivity contribution in [1.29, 1.82) is 0 Å². The first-order chi connectivity index (χ1) is 8.58. The minimum atomic E-state index is -0.410. The van der Waals surface area contributed by atoms with Crippen LogP contribution in [0.4, 0.5) is 11.4 Å². The molecule has 1 aromatic heterocycles. The average Bonchev–Trinajstić information content (AvgIpc) is 2.29. The Kier molecular flexibility index (Phi) is 4.11. The molecule has 1 saturated carbocycles. The normalized spacial score (nSPS) is 17.0. The average molecular weight is 332 g/mol. The second-order valence-electron chi connectivity index (χ2n) is 4.37. The van der Waals surface area contributed by atoms with Crippen molar-refractivity contribution in [3.05, 3.63) is 27.0 Å². The third-order valence-corrected chi connectivity index (χ3v) is 5.38. The first-order valence-corrected chi connectivity index (χ1v) is 7.67. The topological polar surface area (TPSA) is 68.1 Å². The van der Waals surface area contributed by atoms with Crippen LogP contribution < -0.4 is 5.32 Å². The monoisotopic (exact) mass is 331 g/mol. The van der Waals surface area contributed by atoms with Crippen LogP contribution >= 0.6 is 27.7 Å². The molecule has 1 aliphatic rings. The summed E-state index contributed by atoms with van der Waals surface area (Å²) in [4.78, 5) is 14.4. The molecule has 1 aliphatic carbocycles. The van der Waals surface area contributed by atoms with Gasteiger partial charge in [0, 0.05) is 17.5 Å². The number of pyridine rings is 1. The molecule has 18 heavy (non-hydrogen) atoms. The van der Waals surface area contributed by atoms with Gasteiger partial charge in [0.05, 0.1) is 9.40 Å². The smallest absolute Gasteiger partial charge is 0.311 e. The van der Waals surface area contributed by atoms with Gasteiger partial charge >= 0.3 is 5.69 Å². The van der Waals surface area contributed by atoms with Gasteiger partial charge in [-0.2, -0.15) is 11.8 Å². The van der Waals surface area contributed by atoms with E-state index in [1.807, 2.05) is 11.8 Å². The Labute approximate surface area is 118 Å². The Hall–Kier alpha value is -0.820.